The SMILES string of the molecule is CC1=CC(C)=C[CH]1.[Ti]. The molecule has 0 aromatic rings. The first-order chi connectivity index (χ1) is 3.29. The van der Waals surface area contributed by atoms with Crippen molar-refractivity contribution in [2.45, 2.75) is 13.8 Å². The molecule has 0 N–H and O–H groups in total. The Morgan fingerprint density at radius 2 is 1.75 bits per heavy atom. The maximum absolute atomic E-state index is 2.17. The molecule has 1 aliphatic rings. The summed E-state index contributed by atoms with van der Waals surface area (Å²) in [4.78, 5) is 0. The Morgan fingerprint density at radius 3 is 1.88 bits per heavy atom. The summed E-state index contributed by atoms with van der Waals surface area (Å²) in [6.07, 6.45) is 6.41. The quantitative estimate of drug-likeness (QED) is 0.453. The molecule has 0 spiro atoms. The predicted octanol–water partition coefficient (Wildman–Crippen LogP) is 2.09. The van der Waals surface area contributed by atoms with Crippen LogP contribution >= 0.6 is 0 Å². The van der Waals surface area contributed by atoms with E-state index in [1.165, 1.54) is 11.1 Å². The van der Waals surface area contributed by atoms with Gasteiger partial charge in [-0.05, 0) is 13.8 Å². The van der Waals surface area contributed by atoms with Crippen LogP contribution in [0.4, 0.5) is 0 Å². The molecule has 0 saturated heterocycles. The van der Waals surface area contributed by atoms with Gasteiger partial charge in [0, 0.05) is 28.1 Å². The van der Waals surface area contributed by atoms with E-state index in [4.69, 9.17) is 0 Å². The Labute approximate surface area is 65.6 Å². The number of hydrogen-bond donors (Lipinski definition) is 0. The van der Waals surface area contributed by atoms with Crippen LogP contribution in [0.2, 0.25) is 0 Å². The molecule has 0 bridgehead atoms. The summed E-state index contributed by atoms with van der Waals surface area (Å²) in [7, 11) is 0. The van der Waals surface area contributed by atoms with E-state index in [-0.39, 0.29) is 21.7 Å². The van der Waals surface area contributed by atoms with E-state index in [0.717, 1.165) is 0 Å². The van der Waals surface area contributed by atoms with Crippen molar-refractivity contribution in [3.63, 3.8) is 0 Å². The first-order valence-corrected chi connectivity index (χ1v) is 2.49. The van der Waals surface area contributed by atoms with Gasteiger partial charge in [0.05, 0.1) is 0 Å². The van der Waals surface area contributed by atoms with Crippen molar-refractivity contribution < 1.29 is 21.7 Å². The molecule has 0 atom stereocenters. The van der Waals surface area contributed by atoms with Gasteiger partial charge in [0.25, 0.3) is 0 Å². The second-order valence-corrected chi connectivity index (χ2v) is 1.97. The first-order valence-electron chi connectivity index (χ1n) is 2.49. The van der Waals surface area contributed by atoms with Gasteiger partial charge < -0.3 is 0 Å². The summed E-state index contributed by atoms with van der Waals surface area (Å²) in [5.41, 5.74) is 2.72. The van der Waals surface area contributed by atoms with Gasteiger partial charge in [-0.3, -0.25) is 0 Å². The molecule has 0 saturated carbocycles. The molecule has 0 aromatic heterocycles. The minimum Gasteiger partial charge on any atom is -0.0735 e. The fraction of sp³-hybridized carbons (Fsp3) is 0.286. The molecule has 1 heteroatoms. The van der Waals surface area contributed by atoms with Crippen LogP contribution in [0.25, 0.3) is 0 Å². The molecule has 0 aliphatic heterocycles. The second-order valence-electron chi connectivity index (χ2n) is 1.97. The van der Waals surface area contributed by atoms with E-state index in [9.17, 15) is 0 Å². The minimum atomic E-state index is 0. The Hall–Kier alpha value is 0.194. The molecule has 0 fully saturated rings. The van der Waals surface area contributed by atoms with Crippen LogP contribution in [0.3, 0.4) is 0 Å². The van der Waals surface area contributed by atoms with Gasteiger partial charge in [0.2, 0.25) is 0 Å². The van der Waals surface area contributed by atoms with Crippen molar-refractivity contribution in [2.24, 2.45) is 0 Å². The fourth-order valence-electron chi connectivity index (χ4n) is 0.718. The summed E-state index contributed by atoms with van der Waals surface area (Å²) in [5, 5.41) is 0. The van der Waals surface area contributed by atoms with Crippen LogP contribution in [-0.2, 0) is 21.7 Å². The van der Waals surface area contributed by atoms with E-state index in [2.05, 4.69) is 32.4 Å². The summed E-state index contributed by atoms with van der Waals surface area (Å²) in [6, 6.07) is 0. The van der Waals surface area contributed by atoms with Crippen molar-refractivity contribution in [1.82, 2.24) is 0 Å². The van der Waals surface area contributed by atoms with Crippen molar-refractivity contribution in [3.05, 3.63) is 29.7 Å². The normalized spacial score (nSPS) is 16.8. The molecule has 0 amide bonds. The molecule has 0 aromatic carbocycles. The smallest absolute Gasteiger partial charge is 0.00834 e. The zero-order valence-electron chi connectivity index (χ0n) is 5.23. The molecule has 0 heterocycles. The monoisotopic (exact) mass is 141 g/mol. The van der Waals surface area contributed by atoms with E-state index in [1.54, 1.807) is 0 Å². The molecule has 1 rings (SSSR count). The molecule has 0 unspecified atom stereocenters. The van der Waals surface area contributed by atoms with Gasteiger partial charge in [-0.25, -0.2) is 0 Å². The average molecular weight is 141 g/mol. The van der Waals surface area contributed by atoms with Gasteiger partial charge in [0.1, 0.15) is 0 Å². The van der Waals surface area contributed by atoms with Gasteiger partial charge in [0.15, 0.2) is 0 Å². The number of hydrogen-bond acceptors (Lipinski definition) is 0. The molecular weight excluding hydrogens is 132 g/mol. The maximum Gasteiger partial charge on any atom is 0.00834 e. The molecule has 1 radical (unpaired) electrons. The topological polar surface area (TPSA) is 0 Å². The van der Waals surface area contributed by atoms with E-state index < -0.39 is 0 Å². The summed E-state index contributed by atoms with van der Waals surface area (Å²) in [6.45, 7) is 4.21. The minimum absolute atomic E-state index is 0. The maximum atomic E-state index is 2.17. The summed E-state index contributed by atoms with van der Waals surface area (Å²) in [5.74, 6) is 0. The summed E-state index contributed by atoms with van der Waals surface area (Å²) >= 11 is 0. The van der Waals surface area contributed by atoms with E-state index >= 15 is 0 Å². The summed E-state index contributed by atoms with van der Waals surface area (Å²) < 4.78 is 0. The molecule has 0 nitrogen and oxygen atoms in total. The molecule has 41 valence electrons. The third-order valence-corrected chi connectivity index (χ3v) is 1.06. The molecule has 1 aliphatic carbocycles. The van der Waals surface area contributed by atoms with Crippen molar-refractivity contribution in [1.29, 1.82) is 0 Å². The molecule has 8 heavy (non-hydrogen) atoms. The van der Waals surface area contributed by atoms with E-state index in [0.29, 0.717) is 0 Å². The van der Waals surface area contributed by atoms with Crippen LogP contribution in [0.1, 0.15) is 13.8 Å². The van der Waals surface area contributed by atoms with Crippen LogP contribution in [0.5, 0.6) is 0 Å². The third kappa shape index (κ3) is 1.98. The Kier molecular flexibility index (Phi) is 3.34. The Morgan fingerprint density at radius 1 is 1.12 bits per heavy atom. The Balaban J connectivity index is 0.000000490. The molecular formula is C7H9Ti. The van der Waals surface area contributed by atoms with Gasteiger partial charge in [-0.15, -0.1) is 0 Å². The van der Waals surface area contributed by atoms with Crippen molar-refractivity contribution >= 4 is 0 Å². The number of allylic oxidation sites excluding steroid dienone is 4. The fourth-order valence-corrected chi connectivity index (χ4v) is 0.718. The van der Waals surface area contributed by atoms with Gasteiger partial charge >= 0.3 is 0 Å². The van der Waals surface area contributed by atoms with Gasteiger partial charge in [-0.1, -0.05) is 23.3 Å². The van der Waals surface area contributed by atoms with Crippen LogP contribution in [0.15, 0.2) is 23.3 Å². The zero-order chi connectivity index (χ0) is 5.28. The first kappa shape index (κ1) is 8.19. The Bertz CT molecular complexity index is 131. The predicted molar refractivity (Wildman–Crippen MR) is 31.8 cm³/mol. The standard InChI is InChI=1S/C7H9.Ti/c1-6-3-4-7(2)5-6;/h3-5H,1-2H3;. The third-order valence-electron chi connectivity index (χ3n) is 1.06. The van der Waals surface area contributed by atoms with Crippen LogP contribution in [0, 0.1) is 6.42 Å². The van der Waals surface area contributed by atoms with E-state index in [1.807, 2.05) is 0 Å². The van der Waals surface area contributed by atoms with Crippen molar-refractivity contribution in [2.75, 3.05) is 0 Å². The van der Waals surface area contributed by atoms with Crippen LogP contribution in [-0.4, -0.2) is 0 Å². The van der Waals surface area contributed by atoms with Gasteiger partial charge in [-0.2, -0.15) is 0 Å². The second kappa shape index (κ2) is 3.27. The average Bonchev–Trinajstić information content (AvgIpc) is 1.87. The largest absolute Gasteiger partial charge is 0.0735 e. The number of rotatable bonds is 0. The zero-order valence-corrected chi connectivity index (χ0v) is 6.79. The van der Waals surface area contributed by atoms with Crippen LogP contribution < -0.4 is 0 Å². The van der Waals surface area contributed by atoms with Crippen molar-refractivity contribution in [3.8, 4) is 0 Å².